The minimum absolute atomic E-state index is 0.101. The molecule has 0 spiro atoms. The molecular formula is C24H24N2O6. The molecule has 0 fully saturated rings. The van der Waals surface area contributed by atoms with Crippen molar-refractivity contribution in [3.05, 3.63) is 58.0 Å². The molecule has 0 aliphatic carbocycles. The average Bonchev–Trinajstić information content (AvgIpc) is 2.83. The van der Waals surface area contributed by atoms with E-state index in [2.05, 4.69) is 4.98 Å². The molecule has 0 bridgehead atoms. The first-order valence-corrected chi connectivity index (χ1v) is 10.5. The fraction of sp³-hybridized carbons (Fsp3) is 0.333. The average molecular weight is 436 g/mol. The van der Waals surface area contributed by atoms with E-state index in [9.17, 15) is 4.79 Å². The smallest absolute Gasteiger partial charge is 0.257 e. The number of aromatic nitrogens is 2. The van der Waals surface area contributed by atoms with Gasteiger partial charge in [-0.15, -0.1) is 0 Å². The van der Waals surface area contributed by atoms with Gasteiger partial charge in [-0.2, -0.15) is 0 Å². The number of pyridine rings is 2. The molecule has 32 heavy (non-hydrogen) atoms. The van der Waals surface area contributed by atoms with Crippen molar-refractivity contribution in [3.8, 4) is 40.1 Å². The highest BCUT2D eigenvalue weighted by atomic mass is 16.6. The molecule has 2 aromatic heterocycles. The summed E-state index contributed by atoms with van der Waals surface area (Å²) in [7, 11) is 3.22. The van der Waals surface area contributed by atoms with Crippen LogP contribution in [0.5, 0.6) is 28.9 Å². The molecule has 0 N–H and O–H groups in total. The predicted octanol–water partition coefficient (Wildman–Crippen LogP) is 3.01. The summed E-state index contributed by atoms with van der Waals surface area (Å²) in [5.41, 5.74) is 3.68. The van der Waals surface area contributed by atoms with E-state index in [1.165, 1.54) is 0 Å². The molecule has 1 aromatic carbocycles. The Balaban J connectivity index is 1.46. The van der Waals surface area contributed by atoms with Crippen LogP contribution in [0.1, 0.15) is 11.1 Å². The minimum Gasteiger partial charge on any atom is -0.493 e. The Kier molecular flexibility index (Phi) is 5.13. The van der Waals surface area contributed by atoms with E-state index in [1.807, 2.05) is 25.1 Å². The van der Waals surface area contributed by atoms with Crippen molar-refractivity contribution in [1.82, 2.24) is 9.55 Å². The van der Waals surface area contributed by atoms with Crippen LogP contribution < -0.4 is 29.2 Å². The molecule has 8 heteroatoms. The molecule has 2 aliphatic heterocycles. The first-order valence-electron chi connectivity index (χ1n) is 10.5. The van der Waals surface area contributed by atoms with E-state index in [0.717, 1.165) is 28.8 Å². The number of nitrogens with zero attached hydrogens (tertiary/aromatic N) is 2. The summed E-state index contributed by atoms with van der Waals surface area (Å²) in [6.45, 7) is 3.13. The molecule has 166 valence electrons. The van der Waals surface area contributed by atoms with Gasteiger partial charge < -0.3 is 28.3 Å². The SMILES string of the molecule is COc1cc2c(cc1OC)-c1c(C)c(OC[C@@H]3COc4ncccc4O3)cc(=O)n1CC2. The lowest BCUT2D eigenvalue weighted by Gasteiger charge is -2.28. The second-order valence-electron chi connectivity index (χ2n) is 7.75. The first-order chi connectivity index (χ1) is 15.6. The molecule has 0 amide bonds. The first kappa shape index (κ1) is 20.2. The molecular weight excluding hydrogens is 412 g/mol. The van der Waals surface area contributed by atoms with Crippen molar-refractivity contribution in [3.63, 3.8) is 0 Å². The molecule has 0 unspecified atom stereocenters. The van der Waals surface area contributed by atoms with Crippen LogP contribution in [0.2, 0.25) is 0 Å². The largest absolute Gasteiger partial charge is 0.493 e. The number of benzene rings is 1. The topological polar surface area (TPSA) is 81.0 Å². The van der Waals surface area contributed by atoms with Gasteiger partial charge in [-0.25, -0.2) is 4.98 Å². The molecule has 4 heterocycles. The second-order valence-corrected chi connectivity index (χ2v) is 7.75. The maximum Gasteiger partial charge on any atom is 0.257 e. The van der Waals surface area contributed by atoms with Crippen molar-refractivity contribution in [2.24, 2.45) is 0 Å². The van der Waals surface area contributed by atoms with E-state index >= 15 is 0 Å². The normalized spacial score (nSPS) is 16.0. The highest BCUT2D eigenvalue weighted by Gasteiger charge is 2.26. The third kappa shape index (κ3) is 3.41. The van der Waals surface area contributed by atoms with Crippen LogP contribution >= 0.6 is 0 Å². The summed E-state index contributed by atoms with van der Waals surface area (Å²) in [6, 6.07) is 9.05. The fourth-order valence-electron chi connectivity index (χ4n) is 4.25. The summed E-state index contributed by atoms with van der Waals surface area (Å²) in [6.07, 6.45) is 2.09. The summed E-state index contributed by atoms with van der Waals surface area (Å²) < 4.78 is 30.4. The van der Waals surface area contributed by atoms with Crippen LogP contribution in [-0.2, 0) is 13.0 Å². The van der Waals surface area contributed by atoms with Gasteiger partial charge in [0.05, 0.1) is 19.9 Å². The lowest BCUT2D eigenvalue weighted by atomic mass is 9.93. The van der Waals surface area contributed by atoms with Crippen molar-refractivity contribution in [2.75, 3.05) is 27.4 Å². The highest BCUT2D eigenvalue weighted by Crippen LogP contribution is 2.40. The van der Waals surface area contributed by atoms with Crippen molar-refractivity contribution < 1.29 is 23.7 Å². The van der Waals surface area contributed by atoms with E-state index < -0.39 is 0 Å². The van der Waals surface area contributed by atoms with Crippen molar-refractivity contribution in [1.29, 1.82) is 0 Å². The van der Waals surface area contributed by atoms with Gasteiger partial charge in [-0.05, 0) is 43.2 Å². The zero-order chi connectivity index (χ0) is 22.2. The molecule has 0 saturated carbocycles. The zero-order valence-electron chi connectivity index (χ0n) is 18.2. The quantitative estimate of drug-likeness (QED) is 0.608. The molecule has 2 aliphatic rings. The third-order valence-corrected chi connectivity index (χ3v) is 5.85. The lowest BCUT2D eigenvalue weighted by Crippen LogP contribution is -2.35. The molecule has 0 radical (unpaired) electrons. The van der Waals surface area contributed by atoms with Crippen LogP contribution in [0.15, 0.2) is 41.3 Å². The third-order valence-electron chi connectivity index (χ3n) is 5.85. The Bertz CT molecular complexity index is 1240. The Morgan fingerprint density at radius 3 is 2.78 bits per heavy atom. The molecule has 5 rings (SSSR count). The van der Waals surface area contributed by atoms with Gasteiger partial charge in [0.25, 0.3) is 11.4 Å². The summed E-state index contributed by atoms with van der Waals surface area (Å²) >= 11 is 0. The summed E-state index contributed by atoms with van der Waals surface area (Å²) in [5.74, 6) is 2.90. The fourth-order valence-corrected chi connectivity index (χ4v) is 4.25. The van der Waals surface area contributed by atoms with Crippen LogP contribution in [0, 0.1) is 6.92 Å². The Morgan fingerprint density at radius 2 is 1.97 bits per heavy atom. The van der Waals surface area contributed by atoms with E-state index in [4.69, 9.17) is 23.7 Å². The Morgan fingerprint density at radius 1 is 1.16 bits per heavy atom. The van der Waals surface area contributed by atoms with E-state index in [-0.39, 0.29) is 18.3 Å². The predicted molar refractivity (Wildman–Crippen MR) is 117 cm³/mol. The number of hydrogen-bond donors (Lipinski definition) is 0. The zero-order valence-corrected chi connectivity index (χ0v) is 18.2. The number of aryl methyl sites for hydroxylation is 1. The maximum absolute atomic E-state index is 12.9. The van der Waals surface area contributed by atoms with Crippen LogP contribution in [-0.4, -0.2) is 43.1 Å². The molecule has 3 aromatic rings. The number of rotatable bonds is 5. The van der Waals surface area contributed by atoms with Gasteiger partial charge in [0, 0.05) is 29.9 Å². The van der Waals surface area contributed by atoms with Gasteiger partial charge in [-0.3, -0.25) is 4.79 Å². The van der Waals surface area contributed by atoms with E-state index in [1.54, 1.807) is 37.1 Å². The van der Waals surface area contributed by atoms with Crippen LogP contribution in [0.4, 0.5) is 0 Å². The summed E-state index contributed by atoms with van der Waals surface area (Å²) in [5, 5.41) is 0. The monoisotopic (exact) mass is 436 g/mol. The highest BCUT2D eigenvalue weighted by molar-refractivity contribution is 5.74. The number of hydrogen-bond acceptors (Lipinski definition) is 7. The van der Waals surface area contributed by atoms with Gasteiger partial charge in [0.15, 0.2) is 23.4 Å². The van der Waals surface area contributed by atoms with Crippen LogP contribution in [0.25, 0.3) is 11.3 Å². The van der Waals surface area contributed by atoms with Gasteiger partial charge in [-0.1, -0.05) is 0 Å². The number of ether oxygens (including phenoxy) is 5. The minimum atomic E-state index is -0.304. The lowest BCUT2D eigenvalue weighted by molar-refractivity contribution is 0.0498. The Labute approximate surface area is 185 Å². The van der Waals surface area contributed by atoms with Crippen molar-refractivity contribution >= 4 is 0 Å². The standard InChI is InChI=1S/C24H24N2O6/c1-14-19(30-12-16-13-31-24-18(32-16)5-4-7-25-24)11-22(27)26-8-6-15-9-20(28-2)21(29-3)10-17(15)23(14)26/h4-5,7,9-11,16H,6,8,12-13H2,1-3H3/t16-/m1/s1. The molecule has 8 nitrogen and oxygen atoms in total. The number of fused-ring (bicyclic) bond motifs is 4. The second kappa shape index (κ2) is 8.11. The molecule has 1 atom stereocenters. The van der Waals surface area contributed by atoms with Crippen molar-refractivity contribution in [2.45, 2.75) is 26.0 Å². The molecule has 0 saturated heterocycles. The van der Waals surface area contributed by atoms with E-state index in [0.29, 0.717) is 42.0 Å². The van der Waals surface area contributed by atoms with Gasteiger partial charge in [0.1, 0.15) is 19.0 Å². The maximum atomic E-state index is 12.9. The number of methoxy groups -OCH3 is 2. The van der Waals surface area contributed by atoms with Crippen LogP contribution in [0.3, 0.4) is 0 Å². The van der Waals surface area contributed by atoms with Gasteiger partial charge in [0.2, 0.25) is 0 Å². The van der Waals surface area contributed by atoms with Gasteiger partial charge >= 0.3 is 0 Å². The Hall–Kier alpha value is -3.68. The summed E-state index contributed by atoms with van der Waals surface area (Å²) in [4.78, 5) is 17.0.